The first-order valence-electron chi connectivity index (χ1n) is 5.68. The number of nitrogens with one attached hydrogen (secondary N) is 1. The molecule has 1 aliphatic rings. The van der Waals surface area contributed by atoms with Crippen molar-refractivity contribution in [3.05, 3.63) is 17.0 Å². The molecule has 1 aromatic heterocycles. The van der Waals surface area contributed by atoms with Crippen LogP contribution in [0.3, 0.4) is 0 Å². The van der Waals surface area contributed by atoms with Crippen LogP contribution in [0.25, 0.3) is 0 Å². The highest BCUT2D eigenvalue weighted by Gasteiger charge is 2.25. The summed E-state index contributed by atoms with van der Waals surface area (Å²) in [4.78, 5) is 0. The Bertz CT molecular complexity index is 400. The first-order valence-corrected chi connectivity index (χ1v) is 7.44. The van der Waals surface area contributed by atoms with Crippen LogP contribution in [0.5, 0.6) is 0 Å². The van der Waals surface area contributed by atoms with E-state index in [0.717, 1.165) is 18.2 Å². The molecule has 3 heteroatoms. The van der Waals surface area contributed by atoms with Gasteiger partial charge in [0.1, 0.15) is 0 Å². The maximum absolute atomic E-state index is 3.62. The van der Waals surface area contributed by atoms with Gasteiger partial charge in [0, 0.05) is 24.3 Å². The summed E-state index contributed by atoms with van der Waals surface area (Å²) in [5.41, 5.74) is 1.50. The fourth-order valence-electron chi connectivity index (χ4n) is 1.98. The predicted octanol–water partition coefficient (Wildman–Crippen LogP) is 3.68. The first-order chi connectivity index (χ1) is 7.81. The van der Waals surface area contributed by atoms with Crippen molar-refractivity contribution in [3.8, 4) is 11.8 Å². The van der Waals surface area contributed by atoms with Gasteiger partial charge in [0.15, 0.2) is 0 Å². The molecular weight excluding hydrogens is 234 g/mol. The highest BCUT2D eigenvalue weighted by Crippen LogP contribution is 2.43. The van der Waals surface area contributed by atoms with E-state index in [1.165, 1.54) is 16.2 Å². The molecule has 1 nitrogen and oxygen atoms in total. The van der Waals surface area contributed by atoms with E-state index in [1.807, 2.05) is 30.0 Å². The van der Waals surface area contributed by atoms with Gasteiger partial charge >= 0.3 is 0 Å². The molecule has 0 aromatic carbocycles. The summed E-state index contributed by atoms with van der Waals surface area (Å²) in [6.45, 7) is 5.21. The molecule has 1 unspecified atom stereocenters. The summed E-state index contributed by atoms with van der Waals surface area (Å²) >= 11 is 3.89. The number of hydrogen-bond donors (Lipinski definition) is 1. The van der Waals surface area contributed by atoms with Crippen molar-refractivity contribution in [2.45, 2.75) is 42.2 Å². The van der Waals surface area contributed by atoms with Crippen LogP contribution in [0.1, 0.15) is 38.3 Å². The van der Waals surface area contributed by atoms with Crippen molar-refractivity contribution in [3.63, 3.8) is 0 Å². The molecule has 0 bridgehead atoms. The van der Waals surface area contributed by atoms with E-state index in [0.29, 0.717) is 6.04 Å². The molecule has 0 spiro atoms. The first kappa shape index (κ1) is 12.0. The maximum Gasteiger partial charge on any atom is 0.0649 e. The molecule has 0 aliphatic carbocycles. The second-order valence-electron chi connectivity index (χ2n) is 4.01. The largest absolute Gasteiger partial charge is 0.309 e. The smallest absolute Gasteiger partial charge is 0.0649 e. The van der Waals surface area contributed by atoms with Crippen molar-refractivity contribution >= 4 is 23.1 Å². The molecule has 2 heterocycles. The predicted molar refractivity (Wildman–Crippen MR) is 73.1 cm³/mol. The van der Waals surface area contributed by atoms with Crippen molar-refractivity contribution < 1.29 is 0 Å². The quantitative estimate of drug-likeness (QED) is 0.650. The third-order valence-corrected chi connectivity index (χ3v) is 5.07. The van der Waals surface area contributed by atoms with Crippen molar-refractivity contribution in [2.75, 3.05) is 6.54 Å². The van der Waals surface area contributed by atoms with E-state index in [2.05, 4.69) is 35.5 Å². The topological polar surface area (TPSA) is 12.0 Å². The summed E-state index contributed by atoms with van der Waals surface area (Å²) in [6.07, 6.45) is 2.18. The van der Waals surface area contributed by atoms with Gasteiger partial charge in [-0.3, -0.25) is 0 Å². The highest BCUT2D eigenvalue weighted by atomic mass is 32.2. The normalized spacial score (nSPS) is 23.4. The SMILES string of the molecule is CC#CCCNC1C[C@H](C)Sc2sccc21. The molecule has 2 rings (SSSR count). The van der Waals surface area contributed by atoms with Crippen molar-refractivity contribution in [1.29, 1.82) is 0 Å². The van der Waals surface area contributed by atoms with Gasteiger partial charge in [0.25, 0.3) is 0 Å². The molecule has 1 N–H and O–H groups in total. The van der Waals surface area contributed by atoms with Crippen LogP contribution >= 0.6 is 23.1 Å². The van der Waals surface area contributed by atoms with E-state index >= 15 is 0 Å². The van der Waals surface area contributed by atoms with Crippen molar-refractivity contribution in [2.24, 2.45) is 0 Å². The summed E-state index contributed by atoms with van der Waals surface area (Å²) in [6, 6.07) is 2.80. The Morgan fingerprint density at radius 2 is 2.44 bits per heavy atom. The molecule has 0 fully saturated rings. The van der Waals surface area contributed by atoms with Gasteiger partial charge in [-0.1, -0.05) is 6.92 Å². The van der Waals surface area contributed by atoms with E-state index in [1.54, 1.807) is 0 Å². The Balaban J connectivity index is 1.97. The van der Waals surface area contributed by atoms with Crippen LogP contribution in [0.2, 0.25) is 0 Å². The van der Waals surface area contributed by atoms with E-state index in [-0.39, 0.29) is 0 Å². The van der Waals surface area contributed by atoms with Gasteiger partial charge in [-0.05, 0) is 30.4 Å². The second kappa shape index (κ2) is 5.77. The lowest BCUT2D eigenvalue weighted by Crippen LogP contribution is -2.27. The van der Waals surface area contributed by atoms with Crippen LogP contribution in [-0.2, 0) is 0 Å². The lowest BCUT2D eigenvalue weighted by atomic mass is 10.0. The Morgan fingerprint density at radius 1 is 1.56 bits per heavy atom. The second-order valence-corrected chi connectivity index (χ2v) is 6.63. The zero-order valence-electron chi connectivity index (χ0n) is 9.75. The molecule has 0 radical (unpaired) electrons. The van der Waals surface area contributed by atoms with Gasteiger partial charge in [-0.15, -0.1) is 34.9 Å². The summed E-state index contributed by atoms with van der Waals surface area (Å²) in [7, 11) is 0. The fraction of sp³-hybridized carbons (Fsp3) is 0.538. The number of hydrogen-bond acceptors (Lipinski definition) is 3. The fourth-order valence-corrected chi connectivity index (χ4v) is 4.54. The lowest BCUT2D eigenvalue weighted by molar-refractivity contribution is 0.496. The zero-order chi connectivity index (χ0) is 11.4. The van der Waals surface area contributed by atoms with Crippen LogP contribution < -0.4 is 5.32 Å². The Labute approximate surface area is 106 Å². The summed E-state index contributed by atoms with van der Waals surface area (Å²) in [5.74, 6) is 6.04. The molecule has 86 valence electrons. The van der Waals surface area contributed by atoms with E-state index in [9.17, 15) is 0 Å². The average Bonchev–Trinajstić information content (AvgIpc) is 2.72. The molecule has 2 atom stereocenters. The van der Waals surface area contributed by atoms with Gasteiger partial charge < -0.3 is 5.32 Å². The van der Waals surface area contributed by atoms with Gasteiger partial charge in [0.05, 0.1) is 4.21 Å². The summed E-state index contributed by atoms with van der Waals surface area (Å²) < 4.78 is 1.50. The third-order valence-electron chi connectivity index (χ3n) is 2.73. The minimum absolute atomic E-state index is 0.538. The number of thiophene rings is 1. The zero-order valence-corrected chi connectivity index (χ0v) is 11.4. The number of rotatable bonds is 3. The molecule has 1 aromatic rings. The van der Waals surface area contributed by atoms with Crippen LogP contribution in [0.4, 0.5) is 0 Å². The maximum atomic E-state index is 3.62. The Kier molecular flexibility index (Phi) is 4.34. The Morgan fingerprint density at radius 3 is 3.25 bits per heavy atom. The number of fused-ring (bicyclic) bond motifs is 1. The number of thioether (sulfide) groups is 1. The van der Waals surface area contributed by atoms with E-state index in [4.69, 9.17) is 0 Å². The minimum atomic E-state index is 0.538. The molecule has 0 saturated carbocycles. The van der Waals surface area contributed by atoms with Gasteiger partial charge in [-0.2, -0.15) is 0 Å². The third kappa shape index (κ3) is 2.82. The van der Waals surface area contributed by atoms with Crippen molar-refractivity contribution in [1.82, 2.24) is 5.32 Å². The monoisotopic (exact) mass is 251 g/mol. The van der Waals surface area contributed by atoms with Gasteiger partial charge in [-0.25, -0.2) is 0 Å². The standard InChI is InChI=1S/C13H17NS2/c1-3-4-5-7-14-12-9-10(2)16-13-11(12)6-8-15-13/h6,8,10,12,14H,5,7,9H2,1-2H3/t10-,12?/m0/s1. The van der Waals surface area contributed by atoms with Gasteiger partial charge in [0.2, 0.25) is 0 Å². The minimum Gasteiger partial charge on any atom is -0.309 e. The van der Waals surface area contributed by atoms with Crippen LogP contribution in [-0.4, -0.2) is 11.8 Å². The summed E-state index contributed by atoms with van der Waals surface area (Å²) in [5, 5.41) is 6.55. The molecule has 0 saturated heterocycles. The Hall–Kier alpha value is -0.430. The molecule has 16 heavy (non-hydrogen) atoms. The molecule has 1 aliphatic heterocycles. The molecular formula is C13H17NS2. The van der Waals surface area contributed by atoms with E-state index < -0.39 is 0 Å². The van der Waals surface area contributed by atoms with Crippen LogP contribution in [0.15, 0.2) is 15.7 Å². The molecule has 0 amide bonds. The van der Waals surface area contributed by atoms with Crippen LogP contribution in [0, 0.1) is 11.8 Å². The average molecular weight is 251 g/mol. The highest BCUT2D eigenvalue weighted by molar-refractivity contribution is 8.01. The lowest BCUT2D eigenvalue weighted by Gasteiger charge is -2.27.